The molecule has 0 unspecified atom stereocenters. The van der Waals surface area contributed by atoms with Crippen LogP contribution in [0.5, 0.6) is 5.75 Å². The molecule has 0 aromatic heterocycles. The Morgan fingerprint density at radius 1 is 1.15 bits per heavy atom. The fraction of sp³-hybridized carbons (Fsp3) is 0.647. The van der Waals surface area contributed by atoms with Crippen LogP contribution in [0.3, 0.4) is 0 Å². The van der Waals surface area contributed by atoms with E-state index in [1.807, 2.05) is 13.0 Å². The van der Waals surface area contributed by atoms with E-state index >= 15 is 0 Å². The molecule has 3 nitrogen and oxygen atoms in total. The molecular weight excluding hydrogens is 248 g/mol. The molecule has 0 amide bonds. The van der Waals surface area contributed by atoms with Gasteiger partial charge in [-0.3, -0.25) is 0 Å². The molecule has 20 heavy (non-hydrogen) atoms. The molecule has 2 N–H and O–H groups in total. The third-order valence-corrected chi connectivity index (χ3v) is 3.57. The predicted molar refractivity (Wildman–Crippen MR) is 88.6 cm³/mol. The summed E-state index contributed by atoms with van der Waals surface area (Å²) in [6.45, 7) is 12.7. The molecular formula is C17H30N2O. The maximum absolute atomic E-state index is 5.97. The third kappa shape index (κ3) is 4.32. The normalized spacial score (nSPS) is 11.2. The van der Waals surface area contributed by atoms with E-state index in [4.69, 9.17) is 10.5 Å². The molecule has 1 aromatic carbocycles. The topological polar surface area (TPSA) is 38.5 Å². The second kappa shape index (κ2) is 8.03. The van der Waals surface area contributed by atoms with Crippen molar-refractivity contribution in [3.63, 3.8) is 0 Å². The van der Waals surface area contributed by atoms with Crippen LogP contribution in [0, 0.1) is 5.92 Å². The highest BCUT2D eigenvalue weighted by atomic mass is 16.5. The average Bonchev–Trinajstić information content (AvgIpc) is 2.41. The summed E-state index contributed by atoms with van der Waals surface area (Å²) in [7, 11) is 0. The number of nitrogens with zero attached hydrogens (tertiary/aromatic N) is 1. The second-order valence-electron chi connectivity index (χ2n) is 5.67. The molecule has 0 aliphatic rings. The Morgan fingerprint density at radius 2 is 1.80 bits per heavy atom. The van der Waals surface area contributed by atoms with Crippen LogP contribution in [-0.4, -0.2) is 19.2 Å². The summed E-state index contributed by atoms with van der Waals surface area (Å²) in [4.78, 5) is 2.49. The molecule has 0 radical (unpaired) electrons. The van der Waals surface area contributed by atoms with E-state index in [1.165, 1.54) is 5.69 Å². The van der Waals surface area contributed by atoms with Gasteiger partial charge >= 0.3 is 0 Å². The fourth-order valence-electron chi connectivity index (χ4n) is 2.57. The maximum Gasteiger partial charge on any atom is 0.144 e. The van der Waals surface area contributed by atoms with Gasteiger partial charge in [0.25, 0.3) is 0 Å². The van der Waals surface area contributed by atoms with Gasteiger partial charge in [0.05, 0.1) is 12.3 Å². The summed E-state index contributed by atoms with van der Waals surface area (Å²) in [5.74, 6) is 1.42. The van der Waals surface area contributed by atoms with E-state index in [-0.39, 0.29) is 0 Å². The molecule has 0 saturated heterocycles. The van der Waals surface area contributed by atoms with Gasteiger partial charge in [0.1, 0.15) is 5.75 Å². The van der Waals surface area contributed by atoms with Crippen molar-refractivity contribution in [3.8, 4) is 5.75 Å². The van der Waals surface area contributed by atoms with Crippen LogP contribution >= 0.6 is 0 Å². The van der Waals surface area contributed by atoms with Gasteiger partial charge in [-0.05, 0) is 37.8 Å². The van der Waals surface area contributed by atoms with Crippen molar-refractivity contribution in [3.05, 3.63) is 18.2 Å². The molecule has 0 atom stereocenters. The summed E-state index contributed by atoms with van der Waals surface area (Å²) in [6.07, 6.45) is 2.30. The van der Waals surface area contributed by atoms with Crippen molar-refractivity contribution in [1.29, 1.82) is 0 Å². The lowest BCUT2D eigenvalue weighted by atomic mass is 10.1. The van der Waals surface area contributed by atoms with Gasteiger partial charge in [-0.25, -0.2) is 0 Å². The number of benzene rings is 1. The molecule has 0 spiro atoms. The monoisotopic (exact) mass is 278 g/mol. The van der Waals surface area contributed by atoms with Gasteiger partial charge in [-0.15, -0.1) is 0 Å². The number of rotatable bonds is 8. The molecule has 1 rings (SSSR count). The second-order valence-corrected chi connectivity index (χ2v) is 5.67. The summed E-state index contributed by atoms with van der Waals surface area (Å²) < 4.78 is 5.63. The molecule has 0 bridgehead atoms. The Balaban J connectivity index is 3.09. The zero-order valence-corrected chi connectivity index (χ0v) is 13.6. The number of anilines is 2. The first-order chi connectivity index (χ1) is 9.53. The van der Waals surface area contributed by atoms with Gasteiger partial charge < -0.3 is 15.4 Å². The first-order valence-corrected chi connectivity index (χ1v) is 7.82. The highest BCUT2D eigenvalue weighted by Crippen LogP contribution is 2.30. The molecule has 0 aliphatic carbocycles. The number of hydrogen-bond acceptors (Lipinski definition) is 3. The minimum atomic E-state index is 0.565. The highest BCUT2D eigenvalue weighted by Gasteiger charge is 2.18. The quantitative estimate of drug-likeness (QED) is 0.720. The smallest absolute Gasteiger partial charge is 0.144 e. The zero-order valence-electron chi connectivity index (χ0n) is 13.6. The largest absolute Gasteiger partial charge is 0.492 e. The van der Waals surface area contributed by atoms with Gasteiger partial charge in [0.15, 0.2) is 0 Å². The van der Waals surface area contributed by atoms with E-state index in [0.717, 1.165) is 25.1 Å². The SMILES string of the molecule is CCOc1cc(N(CC(C)C)C(CC)CC)ccc1N. The van der Waals surface area contributed by atoms with Crippen LogP contribution in [0.2, 0.25) is 0 Å². The van der Waals surface area contributed by atoms with Crippen molar-refractivity contribution in [2.45, 2.75) is 53.5 Å². The first kappa shape index (κ1) is 16.7. The first-order valence-electron chi connectivity index (χ1n) is 7.82. The minimum Gasteiger partial charge on any atom is -0.492 e. The van der Waals surface area contributed by atoms with Gasteiger partial charge in [-0.1, -0.05) is 27.7 Å². The zero-order chi connectivity index (χ0) is 15.1. The standard InChI is InChI=1S/C17H30N2O/c1-6-14(7-2)19(12-13(4)5)15-9-10-16(18)17(11-15)20-8-3/h9-11,13-14H,6-8,12,18H2,1-5H3. The van der Waals surface area contributed by atoms with Gasteiger partial charge in [0.2, 0.25) is 0 Å². The van der Waals surface area contributed by atoms with Crippen LogP contribution in [0.25, 0.3) is 0 Å². The van der Waals surface area contributed by atoms with E-state index in [9.17, 15) is 0 Å². The Morgan fingerprint density at radius 3 is 2.30 bits per heavy atom. The number of nitrogen functional groups attached to an aromatic ring is 1. The van der Waals surface area contributed by atoms with E-state index in [0.29, 0.717) is 24.3 Å². The van der Waals surface area contributed by atoms with Crippen LogP contribution in [0.1, 0.15) is 47.5 Å². The van der Waals surface area contributed by atoms with E-state index in [1.54, 1.807) is 0 Å². The Hall–Kier alpha value is -1.38. The molecule has 1 aromatic rings. The molecule has 0 aliphatic heterocycles. The van der Waals surface area contributed by atoms with Crippen molar-refractivity contribution in [2.75, 3.05) is 23.8 Å². The van der Waals surface area contributed by atoms with Crippen molar-refractivity contribution in [2.24, 2.45) is 5.92 Å². The van der Waals surface area contributed by atoms with Crippen LogP contribution < -0.4 is 15.4 Å². The maximum atomic E-state index is 5.97. The molecule has 3 heteroatoms. The molecule has 0 fully saturated rings. The summed E-state index contributed by atoms with van der Waals surface area (Å²) >= 11 is 0. The summed E-state index contributed by atoms with van der Waals surface area (Å²) in [5, 5.41) is 0. The lowest BCUT2D eigenvalue weighted by molar-refractivity contribution is 0.342. The van der Waals surface area contributed by atoms with Gasteiger partial charge in [-0.2, -0.15) is 0 Å². The summed E-state index contributed by atoms with van der Waals surface area (Å²) in [6, 6.07) is 6.71. The molecule has 0 heterocycles. The van der Waals surface area contributed by atoms with E-state index in [2.05, 4.69) is 44.7 Å². The lowest BCUT2D eigenvalue weighted by Crippen LogP contribution is -2.37. The van der Waals surface area contributed by atoms with Crippen molar-refractivity contribution >= 4 is 11.4 Å². The van der Waals surface area contributed by atoms with Crippen LogP contribution in [0.15, 0.2) is 18.2 Å². The molecule has 0 saturated carbocycles. The number of hydrogen-bond donors (Lipinski definition) is 1. The van der Waals surface area contributed by atoms with Crippen LogP contribution in [0.4, 0.5) is 11.4 Å². The minimum absolute atomic E-state index is 0.565. The van der Waals surface area contributed by atoms with E-state index < -0.39 is 0 Å². The Bertz CT molecular complexity index is 400. The average molecular weight is 278 g/mol. The third-order valence-electron chi connectivity index (χ3n) is 3.57. The summed E-state index contributed by atoms with van der Waals surface area (Å²) in [5.41, 5.74) is 7.90. The molecule has 114 valence electrons. The number of nitrogens with two attached hydrogens (primary N) is 1. The van der Waals surface area contributed by atoms with Crippen molar-refractivity contribution < 1.29 is 4.74 Å². The Labute approximate surface area is 124 Å². The number of ether oxygens (including phenoxy) is 1. The Kier molecular flexibility index (Phi) is 6.69. The predicted octanol–water partition coefficient (Wildman–Crippen LogP) is 4.32. The van der Waals surface area contributed by atoms with Crippen LogP contribution in [-0.2, 0) is 0 Å². The highest BCUT2D eigenvalue weighted by molar-refractivity contribution is 5.62. The lowest BCUT2D eigenvalue weighted by Gasteiger charge is -2.34. The fourth-order valence-corrected chi connectivity index (χ4v) is 2.57. The van der Waals surface area contributed by atoms with Gasteiger partial charge in [0, 0.05) is 24.3 Å². The van der Waals surface area contributed by atoms with Crippen molar-refractivity contribution in [1.82, 2.24) is 0 Å².